The molecule has 1 fully saturated rings. The molecule has 1 rings (SSSR count). The molecule has 0 bridgehead atoms. The Labute approximate surface area is 90.6 Å². The number of aliphatic hydroxyl groups is 1. The highest BCUT2D eigenvalue weighted by molar-refractivity contribution is 5.70. The van der Waals surface area contributed by atoms with Crippen molar-refractivity contribution in [3.05, 3.63) is 0 Å². The minimum absolute atomic E-state index is 0.0791. The van der Waals surface area contributed by atoms with Gasteiger partial charge in [-0.25, -0.2) is 0 Å². The van der Waals surface area contributed by atoms with E-state index in [2.05, 4.69) is 0 Å². The van der Waals surface area contributed by atoms with Crippen molar-refractivity contribution < 1.29 is 19.4 Å². The van der Waals surface area contributed by atoms with Gasteiger partial charge in [0.2, 0.25) is 0 Å². The van der Waals surface area contributed by atoms with Crippen molar-refractivity contribution in [1.29, 1.82) is 0 Å². The first-order chi connectivity index (χ1) is 6.81. The second-order valence-corrected chi connectivity index (χ2v) is 5.01. The van der Waals surface area contributed by atoms with Crippen molar-refractivity contribution in [2.75, 3.05) is 6.61 Å². The van der Waals surface area contributed by atoms with Gasteiger partial charge in [-0.2, -0.15) is 0 Å². The lowest BCUT2D eigenvalue weighted by Gasteiger charge is -2.32. The van der Waals surface area contributed by atoms with E-state index in [0.717, 1.165) is 12.8 Å². The minimum Gasteiger partial charge on any atom is -0.460 e. The van der Waals surface area contributed by atoms with Crippen molar-refractivity contribution in [1.82, 2.24) is 0 Å². The van der Waals surface area contributed by atoms with E-state index in [-0.39, 0.29) is 6.42 Å². The van der Waals surface area contributed by atoms with Crippen LogP contribution >= 0.6 is 0 Å². The number of carbonyl (C=O) groups is 1. The van der Waals surface area contributed by atoms with E-state index in [0.29, 0.717) is 13.0 Å². The summed E-state index contributed by atoms with van der Waals surface area (Å²) in [5, 5.41) is 9.92. The summed E-state index contributed by atoms with van der Waals surface area (Å²) >= 11 is 0. The predicted molar refractivity (Wildman–Crippen MR) is 55.2 cm³/mol. The summed E-state index contributed by atoms with van der Waals surface area (Å²) in [5.41, 5.74) is -0.512. The normalized spacial score (nSPS) is 27.5. The van der Waals surface area contributed by atoms with Gasteiger partial charge in [0.1, 0.15) is 5.60 Å². The lowest BCUT2D eigenvalue weighted by Crippen LogP contribution is -2.40. The molecule has 1 N–H and O–H groups in total. The molecule has 1 aliphatic rings. The third-order valence-electron chi connectivity index (χ3n) is 2.17. The topological polar surface area (TPSA) is 55.8 Å². The Balaban J connectivity index is 2.42. The zero-order valence-electron chi connectivity index (χ0n) is 9.71. The molecule has 0 aromatic carbocycles. The van der Waals surface area contributed by atoms with Crippen LogP contribution in [0.2, 0.25) is 0 Å². The van der Waals surface area contributed by atoms with E-state index in [4.69, 9.17) is 9.47 Å². The molecule has 1 aliphatic heterocycles. The molecule has 0 radical (unpaired) electrons. The van der Waals surface area contributed by atoms with Crippen LogP contribution in [-0.2, 0) is 14.3 Å². The maximum absolute atomic E-state index is 11.5. The average molecular weight is 216 g/mol. The van der Waals surface area contributed by atoms with Gasteiger partial charge in [0.05, 0.1) is 13.0 Å². The van der Waals surface area contributed by atoms with Gasteiger partial charge in [0, 0.05) is 6.42 Å². The molecule has 4 nitrogen and oxygen atoms in total. The molecule has 0 saturated carbocycles. The average Bonchev–Trinajstić information content (AvgIpc) is 1.99. The fourth-order valence-corrected chi connectivity index (χ4v) is 1.58. The van der Waals surface area contributed by atoms with Gasteiger partial charge >= 0.3 is 5.97 Å². The third-order valence-corrected chi connectivity index (χ3v) is 2.17. The lowest BCUT2D eigenvalue weighted by molar-refractivity contribution is -0.233. The number of esters is 1. The van der Waals surface area contributed by atoms with Crippen molar-refractivity contribution in [2.45, 2.75) is 57.8 Å². The molecule has 1 atom stereocenters. The summed E-state index contributed by atoms with van der Waals surface area (Å²) in [5.74, 6) is -1.72. The van der Waals surface area contributed by atoms with Gasteiger partial charge < -0.3 is 14.6 Å². The molecule has 0 aliphatic carbocycles. The molecule has 1 unspecified atom stereocenters. The molecule has 0 amide bonds. The van der Waals surface area contributed by atoms with Crippen LogP contribution in [0.15, 0.2) is 0 Å². The highest BCUT2D eigenvalue weighted by atomic mass is 16.6. The van der Waals surface area contributed by atoms with Crippen molar-refractivity contribution in [2.24, 2.45) is 0 Å². The molecule has 15 heavy (non-hydrogen) atoms. The van der Waals surface area contributed by atoms with Gasteiger partial charge in [-0.1, -0.05) is 0 Å². The number of carbonyl (C=O) groups excluding carboxylic acids is 1. The molecular weight excluding hydrogens is 196 g/mol. The maximum atomic E-state index is 11.5. The Morgan fingerprint density at radius 1 is 1.47 bits per heavy atom. The summed E-state index contributed by atoms with van der Waals surface area (Å²) < 4.78 is 10.3. The number of hydrogen-bond acceptors (Lipinski definition) is 4. The highest BCUT2D eigenvalue weighted by Gasteiger charge is 2.34. The van der Waals surface area contributed by atoms with E-state index in [1.807, 2.05) is 0 Å². The molecule has 0 aromatic rings. The third kappa shape index (κ3) is 4.62. The predicted octanol–water partition coefficient (Wildman–Crippen LogP) is 1.61. The van der Waals surface area contributed by atoms with Crippen LogP contribution in [0, 0.1) is 0 Å². The molecule has 4 heteroatoms. The first-order valence-electron chi connectivity index (χ1n) is 5.39. The molecule has 0 spiro atoms. The molecule has 0 aromatic heterocycles. The molecular formula is C11H20O4. The van der Waals surface area contributed by atoms with E-state index < -0.39 is 17.4 Å². The molecule has 88 valence electrons. The fraction of sp³-hybridized carbons (Fsp3) is 0.909. The Kier molecular flexibility index (Phi) is 3.73. The van der Waals surface area contributed by atoms with Gasteiger partial charge in [-0.3, -0.25) is 4.79 Å². The summed E-state index contributed by atoms with van der Waals surface area (Å²) in [6, 6.07) is 0. The SMILES string of the molecule is CC(C)(C)OC(=O)CC1(O)CCCCO1. The van der Waals surface area contributed by atoms with Crippen LogP contribution in [0.25, 0.3) is 0 Å². The minimum atomic E-state index is -1.30. The Morgan fingerprint density at radius 2 is 2.13 bits per heavy atom. The van der Waals surface area contributed by atoms with Crippen LogP contribution in [0.1, 0.15) is 46.5 Å². The Morgan fingerprint density at radius 3 is 2.60 bits per heavy atom. The highest BCUT2D eigenvalue weighted by Crippen LogP contribution is 2.26. The fourth-order valence-electron chi connectivity index (χ4n) is 1.58. The molecule has 1 heterocycles. The first-order valence-corrected chi connectivity index (χ1v) is 5.39. The zero-order chi connectivity index (χ0) is 11.5. The van der Waals surface area contributed by atoms with Gasteiger partial charge in [-0.05, 0) is 33.6 Å². The Bertz CT molecular complexity index is 223. The van der Waals surface area contributed by atoms with E-state index in [9.17, 15) is 9.90 Å². The van der Waals surface area contributed by atoms with E-state index in [1.165, 1.54) is 0 Å². The lowest BCUT2D eigenvalue weighted by atomic mass is 10.0. The van der Waals surface area contributed by atoms with Gasteiger partial charge in [0.25, 0.3) is 0 Å². The summed E-state index contributed by atoms with van der Waals surface area (Å²) in [4.78, 5) is 11.5. The van der Waals surface area contributed by atoms with Crippen LogP contribution in [0.5, 0.6) is 0 Å². The molecule has 1 saturated heterocycles. The van der Waals surface area contributed by atoms with E-state index in [1.54, 1.807) is 20.8 Å². The standard InChI is InChI=1S/C11H20O4/c1-10(2,3)15-9(12)8-11(13)6-4-5-7-14-11/h13H,4-8H2,1-3H3. The summed E-state index contributed by atoms with van der Waals surface area (Å²) in [6.45, 7) is 5.92. The first kappa shape index (κ1) is 12.5. The van der Waals surface area contributed by atoms with Crippen molar-refractivity contribution in [3.63, 3.8) is 0 Å². The zero-order valence-corrected chi connectivity index (χ0v) is 9.71. The van der Waals surface area contributed by atoms with E-state index >= 15 is 0 Å². The van der Waals surface area contributed by atoms with Crippen LogP contribution in [0.4, 0.5) is 0 Å². The van der Waals surface area contributed by atoms with Crippen molar-refractivity contribution in [3.8, 4) is 0 Å². The van der Waals surface area contributed by atoms with Crippen molar-refractivity contribution >= 4 is 5.97 Å². The Hall–Kier alpha value is -0.610. The van der Waals surface area contributed by atoms with Gasteiger partial charge in [-0.15, -0.1) is 0 Å². The van der Waals surface area contributed by atoms with Crippen LogP contribution in [-0.4, -0.2) is 29.1 Å². The summed E-state index contributed by atoms with van der Waals surface area (Å²) in [7, 11) is 0. The number of ether oxygens (including phenoxy) is 2. The smallest absolute Gasteiger partial charge is 0.311 e. The quantitative estimate of drug-likeness (QED) is 0.712. The maximum Gasteiger partial charge on any atom is 0.311 e. The number of rotatable bonds is 2. The second kappa shape index (κ2) is 4.49. The largest absolute Gasteiger partial charge is 0.460 e. The monoisotopic (exact) mass is 216 g/mol. The summed E-state index contributed by atoms with van der Waals surface area (Å²) in [6.07, 6.45) is 2.26. The number of hydrogen-bond donors (Lipinski definition) is 1. The van der Waals surface area contributed by atoms with Crippen LogP contribution < -0.4 is 0 Å². The van der Waals surface area contributed by atoms with Crippen LogP contribution in [0.3, 0.4) is 0 Å². The second-order valence-electron chi connectivity index (χ2n) is 5.01. The van der Waals surface area contributed by atoms with Gasteiger partial charge in [0.15, 0.2) is 5.79 Å².